The van der Waals surface area contributed by atoms with Gasteiger partial charge in [0.1, 0.15) is 0 Å². The van der Waals surface area contributed by atoms with Gasteiger partial charge in [-0.05, 0) is 38.1 Å². The Morgan fingerprint density at radius 1 is 1.33 bits per heavy atom. The van der Waals surface area contributed by atoms with Crippen LogP contribution in [-0.2, 0) is 9.59 Å². The summed E-state index contributed by atoms with van der Waals surface area (Å²) in [7, 11) is 1.83. The Morgan fingerprint density at radius 3 is 2.76 bits per heavy atom. The highest BCUT2D eigenvalue weighted by Gasteiger charge is 2.23. The average molecular weight is 290 g/mol. The average Bonchev–Trinajstić information content (AvgIpc) is 3.20. The van der Waals surface area contributed by atoms with Crippen LogP contribution in [0.1, 0.15) is 19.3 Å². The monoisotopic (exact) mass is 290 g/mol. The highest BCUT2D eigenvalue weighted by Crippen LogP contribution is 2.18. The van der Waals surface area contributed by atoms with Gasteiger partial charge in [-0.3, -0.25) is 14.5 Å². The van der Waals surface area contributed by atoms with Crippen molar-refractivity contribution in [1.82, 2.24) is 10.2 Å². The molecular weight excluding hydrogens is 268 g/mol. The summed E-state index contributed by atoms with van der Waals surface area (Å²) >= 11 is 0. The number of likely N-dealkylation sites (N-methyl/N-ethyl adjacent to an activating group) is 1. The summed E-state index contributed by atoms with van der Waals surface area (Å²) in [6, 6.07) is 7.44. The lowest BCUT2D eigenvalue weighted by atomic mass is 10.2. The molecule has 0 unspecified atom stereocenters. The molecule has 0 saturated heterocycles. The van der Waals surface area contributed by atoms with Crippen LogP contribution in [0.4, 0.5) is 11.4 Å². The normalized spacial score (nSPS) is 14.0. The number of amides is 2. The van der Waals surface area contributed by atoms with Gasteiger partial charge in [0.2, 0.25) is 11.8 Å². The zero-order valence-electron chi connectivity index (χ0n) is 12.3. The number of nitrogen functional groups attached to an aromatic ring is 1. The van der Waals surface area contributed by atoms with E-state index in [4.69, 9.17) is 5.73 Å². The number of carbonyl (C=O) groups is 2. The predicted octanol–water partition coefficient (Wildman–Crippen LogP) is 0.808. The van der Waals surface area contributed by atoms with Crippen LogP contribution in [0.3, 0.4) is 0 Å². The van der Waals surface area contributed by atoms with Gasteiger partial charge in [0.05, 0.1) is 6.54 Å². The molecule has 2 amide bonds. The fourth-order valence-corrected chi connectivity index (χ4v) is 1.96. The van der Waals surface area contributed by atoms with Crippen molar-refractivity contribution in [2.24, 2.45) is 0 Å². The zero-order chi connectivity index (χ0) is 15.2. The van der Waals surface area contributed by atoms with Gasteiger partial charge in [0.25, 0.3) is 0 Å². The second-order valence-corrected chi connectivity index (χ2v) is 5.50. The van der Waals surface area contributed by atoms with Crippen molar-refractivity contribution in [1.29, 1.82) is 0 Å². The van der Waals surface area contributed by atoms with Crippen molar-refractivity contribution in [2.75, 3.05) is 31.2 Å². The predicted molar refractivity (Wildman–Crippen MR) is 82.8 cm³/mol. The molecular formula is C15H22N4O2. The molecule has 0 aromatic heterocycles. The Labute approximate surface area is 124 Å². The van der Waals surface area contributed by atoms with Gasteiger partial charge in [-0.1, -0.05) is 6.07 Å². The van der Waals surface area contributed by atoms with Crippen molar-refractivity contribution in [2.45, 2.75) is 25.3 Å². The molecule has 0 atom stereocenters. The summed E-state index contributed by atoms with van der Waals surface area (Å²) in [6.07, 6.45) is 2.50. The summed E-state index contributed by atoms with van der Waals surface area (Å²) in [5, 5.41) is 5.71. The third-order valence-electron chi connectivity index (χ3n) is 3.25. The molecule has 1 aliphatic rings. The number of nitrogens with two attached hydrogens (primary N) is 1. The van der Waals surface area contributed by atoms with Gasteiger partial charge in [0.15, 0.2) is 0 Å². The summed E-state index contributed by atoms with van der Waals surface area (Å²) in [6.45, 7) is 0.855. The minimum atomic E-state index is -0.0879. The molecule has 4 N–H and O–H groups in total. The van der Waals surface area contributed by atoms with Crippen LogP contribution in [0.5, 0.6) is 0 Å². The fourth-order valence-electron chi connectivity index (χ4n) is 1.96. The Kier molecular flexibility index (Phi) is 5.16. The molecule has 114 valence electrons. The second-order valence-electron chi connectivity index (χ2n) is 5.50. The van der Waals surface area contributed by atoms with E-state index in [9.17, 15) is 9.59 Å². The smallest absolute Gasteiger partial charge is 0.234 e. The first-order valence-corrected chi connectivity index (χ1v) is 7.16. The van der Waals surface area contributed by atoms with E-state index < -0.39 is 0 Å². The number of benzene rings is 1. The third-order valence-corrected chi connectivity index (χ3v) is 3.25. The Morgan fingerprint density at radius 2 is 2.10 bits per heavy atom. The quantitative estimate of drug-likeness (QED) is 0.648. The number of nitrogens with one attached hydrogen (secondary N) is 2. The molecule has 6 nitrogen and oxygen atoms in total. The maximum absolute atomic E-state index is 11.8. The molecule has 1 fully saturated rings. The van der Waals surface area contributed by atoms with E-state index in [1.54, 1.807) is 24.3 Å². The zero-order valence-corrected chi connectivity index (χ0v) is 12.3. The molecule has 1 aromatic carbocycles. The van der Waals surface area contributed by atoms with Crippen LogP contribution in [0.2, 0.25) is 0 Å². The summed E-state index contributed by atoms with van der Waals surface area (Å²) < 4.78 is 0. The maximum atomic E-state index is 11.8. The highest BCUT2D eigenvalue weighted by atomic mass is 16.2. The molecule has 0 bridgehead atoms. The number of nitrogens with zero attached hydrogens (tertiary/aromatic N) is 1. The lowest BCUT2D eigenvalue weighted by Gasteiger charge is -2.16. The summed E-state index contributed by atoms with van der Waals surface area (Å²) in [4.78, 5) is 25.3. The molecule has 0 aliphatic heterocycles. The molecule has 21 heavy (non-hydrogen) atoms. The number of hydrogen-bond acceptors (Lipinski definition) is 4. The van der Waals surface area contributed by atoms with Gasteiger partial charge in [0, 0.05) is 30.4 Å². The van der Waals surface area contributed by atoms with Crippen LogP contribution in [0.25, 0.3) is 0 Å². The number of hydrogen-bond donors (Lipinski definition) is 3. The lowest BCUT2D eigenvalue weighted by Crippen LogP contribution is -2.37. The van der Waals surface area contributed by atoms with Crippen LogP contribution in [0, 0.1) is 0 Å². The van der Waals surface area contributed by atoms with E-state index >= 15 is 0 Å². The summed E-state index contributed by atoms with van der Waals surface area (Å²) in [5.41, 5.74) is 6.95. The first kappa shape index (κ1) is 15.3. The lowest BCUT2D eigenvalue weighted by molar-refractivity contribution is -0.123. The van der Waals surface area contributed by atoms with E-state index in [0.29, 0.717) is 36.9 Å². The van der Waals surface area contributed by atoms with Crippen molar-refractivity contribution in [3.8, 4) is 0 Å². The Hall–Kier alpha value is -2.08. The van der Waals surface area contributed by atoms with Gasteiger partial charge < -0.3 is 16.4 Å². The van der Waals surface area contributed by atoms with E-state index in [-0.39, 0.29) is 11.8 Å². The first-order valence-electron chi connectivity index (χ1n) is 7.16. The highest BCUT2D eigenvalue weighted by molar-refractivity contribution is 5.91. The minimum absolute atomic E-state index is 0.0243. The molecule has 0 heterocycles. The van der Waals surface area contributed by atoms with Crippen LogP contribution < -0.4 is 16.4 Å². The minimum Gasteiger partial charge on any atom is -0.399 e. The standard InChI is InChI=1S/C15H22N4O2/c1-19(10-15(21)17-12-5-6-12)8-7-14(20)18-13-4-2-3-11(16)9-13/h2-4,9,12H,5-8,10,16H2,1H3,(H,17,21)(H,18,20). The topological polar surface area (TPSA) is 87.5 Å². The molecule has 1 aliphatic carbocycles. The first-order chi connectivity index (χ1) is 10.0. The maximum Gasteiger partial charge on any atom is 0.234 e. The third kappa shape index (κ3) is 5.83. The molecule has 0 radical (unpaired) electrons. The molecule has 6 heteroatoms. The molecule has 0 spiro atoms. The van der Waals surface area contributed by atoms with E-state index in [0.717, 1.165) is 12.8 Å². The van der Waals surface area contributed by atoms with Gasteiger partial charge >= 0.3 is 0 Å². The largest absolute Gasteiger partial charge is 0.399 e. The Balaban J connectivity index is 1.66. The van der Waals surface area contributed by atoms with Gasteiger partial charge in [-0.15, -0.1) is 0 Å². The molecule has 2 rings (SSSR count). The SMILES string of the molecule is CN(CCC(=O)Nc1cccc(N)c1)CC(=O)NC1CC1. The van der Waals surface area contributed by atoms with Gasteiger partial charge in [-0.2, -0.15) is 0 Å². The van der Waals surface area contributed by atoms with Crippen LogP contribution in [0.15, 0.2) is 24.3 Å². The van der Waals surface area contributed by atoms with Crippen LogP contribution >= 0.6 is 0 Å². The van der Waals surface area contributed by atoms with Crippen LogP contribution in [-0.4, -0.2) is 42.9 Å². The van der Waals surface area contributed by atoms with Gasteiger partial charge in [-0.25, -0.2) is 0 Å². The number of carbonyl (C=O) groups excluding carboxylic acids is 2. The van der Waals surface area contributed by atoms with Crippen molar-refractivity contribution < 1.29 is 9.59 Å². The van der Waals surface area contributed by atoms with E-state index in [1.807, 2.05) is 11.9 Å². The van der Waals surface area contributed by atoms with E-state index in [1.165, 1.54) is 0 Å². The van der Waals surface area contributed by atoms with Crippen molar-refractivity contribution in [3.05, 3.63) is 24.3 Å². The second kappa shape index (κ2) is 7.08. The number of anilines is 2. The Bertz CT molecular complexity index is 514. The molecule has 1 aromatic rings. The van der Waals surface area contributed by atoms with Crippen molar-refractivity contribution in [3.63, 3.8) is 0 Å². The summed E-state index contributed by atoms with van der Waals surface area (Å²) in [5.74, 6) is -0.0636. The van der Waals surface area contributed by atoms with Crippen molar-refractivity contribution >= 4 is 23.2 Å². The number of rotatable bonds is 7. The van der Waals surface area contributed by atoms with E-state index in [2.05, 4.69) is 10.6 Å². The molecule has 1 saturated carbocycles. The fraction of sp³-hybridized carbons (Fsp3) is 0.467.